The molecule has 0 saturated heterocycles. The fourth-order valence-corrected chi connectivity index (χ4v) is 5.65. The average molecular weight is 441 g/mol. The Morgan fingerprint density at radius 2 is 1.81 bits per heavy atom. The standard InChI is InChI=1S/C27H36O3S/c1-20-11-14-22(9-7-10-24-17-18-25(31-24)27(29)30-2)26(20)23-15-12-21(13-16-23)8-5-3-4-6-19-28/h12-13,15-18,22,28H,3-11,14,19H2,1-2H3/t22-/m0/s1. The lowest BCUT2D eigenvalue weighted by Crippen LogP contribution is -2.01. The van der Waals surface area contributed by atoms with Crippen LogP contribution in [0.3, 0.4) is 0 Å². The van der Waals surface area contributed by atoms with Crippen LogP contribution in [0.15, 0.2) is 42.0 Å². The van der Waals surface area contributed by atoms with Crippen LogP contribution >= 0.6 is 11.3 Å². The van der Waals surface area contributed by atoms with Crippen LogP contribution in [-0.4, -0.2) is 24.8 Å². The van der Waals surface area contributed by atoms with Crippen molar-refractivity contribution < 1.29 is 14.6 Å². The largest absolute Gasteiger partial charge is 0.465 e. The minimum Gasteiger partial charge on any atom is -0.465 e. The van der Waals surface area contributed by atoms with Gasteiger partial charge in [-0.25, -0.2) is 4.79 Å². The normalized spacial score (nSPS) is 16.2. The lowest BCUT2D eigenvalue weighted by atomic mass is 9.89. The van der Waals surface area contributed by atoms with E-state index < -0.39 is 0 Å². The lowest BCUT2D eigenvalue weighted by molar-refractivity contribution is 0.0606. The number of aliphatic hydroxyl groups excluding tert-OH is 1. The molecule has 0 spiro atoms. The van der Waals surface area contributed by atoms with Crippen molar-refractivity contribution in [1.82, 2.24) is 0 Å². The van der Waals surface area contributed by atoms with Gasteiger partial charge in [0.2, 0.25) is 0 Å². The minimum absolute atomic E-state index is 0.235. The van der Waals surface area contributed by atoms with Gasteiger partial charge in [0.05, 0.1) is 7.11 Å². The monoisotopic (exact) mass is 440 g/mol. The smallest absolute Gasteiger partial charge is 0.348 e. The summed E-state index contributed by atoms with van der Waals surface area (Å²) in [7, 11) is 1.43. The first-order valence-electron chi connectivity index (χ1n) is 11.7. The SMILES string of the molecule is COC(=O)c1ccc(CCC[C@H]2CCC(C)=C2c2ccc(CCCCCCO)cc2)s1. The summed E-state index contributed by atoms with van der Waals surface area (Å²) >= 11 is 1.56. The maximum Gasteiger partial charge on any atom is 0.348 e. The highest BCUT2D eigenvalue weighted by molar-refractivity contribution is 7.13. The summed E-state index contributed by atoms with van der Waals surface area (Å²) in [6.07, 6.45) is 11.4. The molecule has 0 aliphatic heterocycles. The van der Waals surface area contributed by atoms with Crippen LogP contribution in [0.1, 0.15) is 84.0 Å². The predicted molar refractivity (Wildman–Crippen MR) is 130 cm³/mol. The summed E-state index contributed by atoms with van der Waals surface area (Å²) in [6, 6.07) is 13.2. The summed E-state index contributed by atoms with van der Waals surface area (Å²) in [5, 5.41) is 8.88. The average Bonchev–Trinajstić information content (AvgIpc) is 3.40. The molecule has 0 unspecified atom stereocenters. The van der Waals surface area contributed by atoms with E-state index in [1.54, 1.807) is 22.5 Å². The van der Waals surface area contributed by atoms with Gasteiger partial charge in [0.25, 0.3) is 0 Å². The Morgan fingerprint density at radius 3 is 2.55 bits per heavy atom. The van der Waals surface area contributed by atoms with Gasteiger partial charge in [-0.2, -0.15) is 0 Å². The number of hydrogen-bond donors (Lipinski definition) is 1. The summed E-state index contributed by atoms with van der Waals surface area (Å²) < 4.78 is 4.81. The Bertz CT molecular complexity index is 863. The molecule has 0 saturated carbocycles. The molecular formula is C27H36O3S. The van der Waals surface area contributed by atoms with Crippen molar-refractivity contribution in [1.29, 1.82) is 0 Å². The van der Waals surface area contributed by atoms with Crippen LogP contribution in [0.4, 0.5) is 0 Å². The number of ether oxygens (including phenoxy) is 1. The maximum absolute atomic E-state index is 11.6. The van der Waals surface area contributed by atoms with E-state index in [2.05, 4.69) is 37.3 Å². The number of benzene rings is 1. The van der Waals surface area contributed by atoms with Crippen molar-refractivity contribution in [2.24, 2.45) is 5.92 Å². The number of thiophene rings is 1. The zero-order chi connectivity index (χ0) is 22.1. The fourth-order valence-electron chi connectivity index (χ4n) is 4.68. The number of allylic oxidation sites excluding steroid dienone is 2. The number of carbonyl (C=O) groups is 1. The van der Waals surface area contributed by atoms with Crippen LogP contribution in [0, 0.1) is 5.92 Å². The minimum atomic E-state index is -0.235. The van der Waals surface area contributed by atoms with Crippen molar-refractivity contribution in [2.75, 3.05) is 13.7 Å². The molecule has 0 bridgehead atoms. The Balaban J connectivity index is 1.51. The molecule has 1 aromatic heterocycles. The molecule has 3 rings (SSSR count). The highest BCUT2D eigenvalue weighted by atomic mass is 32.1. The molecule has 168 valence electrons. The van der Waals surface area contributed by atoms with E-state index >= 15 is 0 Å². The molecule has 1 atom stereocenters. The van der Waals surface area contributed by atoms with Gasteiger partial charge in [0, 0.05) is 11.5 Å². The molecule has 1 aromatic carbocycles. The second-order valence-corrected chi connectivity index (χ2v) is 9.83. The van der Waals surface area contributed by atoms with E-state index in [4.69, 9.17) is 9.84 Å². The van der Waals surface area contributed by atoms with Gasteiger partial charge >= 0.3 is 5.97 Å². The number of aliphatic hydroxyl groups is 1. The van der Waals surface area contributed by atoms with Gasteiger partial charge in [0.1, 0.15) is 4.88 Å². The molecule has 1 heterocycles. The number of hydrogen-bond acceptors (Lipinski definition) is 4. The maximum atomic E-state index is 11.6. The highest BCUT2D eigenvalue weighted by Crippen LogP contribution is 2.41. The Kier molecular flexibility index (Phi) is 9.35. The third-order valence-electron chi connectivity index (χ3n) is 6.40. The molecule has 4 heteroatoms. The van der Waals surface area contributed by atoms with Gasteiger partial charge in [0.15, 0.2) is 0 Å². The number of methoxy groups -OCH3 is 1. The second kappa shape index (κ2) is 12.2. The molecule has 0 fully saturated rings. The fraction of sp³-hybridized carbons (Fsp3) is 0.519. The second-order valence-electron chi connectivity index (χ2n) is 8.66. The van der Waals surface area contributed by atoms with Crippen molar-refractivity contribution in [3.63, 3.8) is 0 Å². The van der Waals surface area contributed by atoms with Crippen LogP contribution in [0.2, 0.25) is 0 Å². The van der Waals surface area contributed by atoms with Gasteiger partial charge < -0.3 is 9.84 Å². The number of esters is 1. The van der Waals surface area contributed by atoms with Gasteiger partial charge in [-0.15, -0.1) is 11.3 Å². The van der Waals surface area contributed by atoms with Crippen molar-refractivity contribution in [2.45, 2.75) is 71.1 Å². The highest BCUT2D eigenvalue weighted by Gasteiger charge is 2.24. The zero-order valence-corrected chi connectivity index (χ0v) is 19.8. The predicted octanol–water partition coefficient (Wildman–Crippen LogP) is 6.84. The molecule has 1 aliphatic carbocycles. The van der Waals surface area contributed by atoms with Gasteiger partial charge in [-0.1, -0.05) is 42.7 Å². The Morgan fingerprint density at radius 1 is 1.03 bits per heavy atom. The molecule has 1 aliphatic rings. The van der Waals surface area contributed by atoms with Crippen LogP contribution in [-0.2, 0) is 17.6 Å². The van der Waals surface area contributed by atoms with Crippen LogP contribution in [0.25, 0.3) is 5.57 Å². The van der Waals surface area contributed by atoms with Crippen molar-refractivity contribution in [3.8, 4) is 0 Å². The number of unbranched alkanes of at least 4 members (excludes halogenated alkanes) is 3. The summed E-state index contributed by atoms with van der Waals surface area (Å²) in [4.78, 5) is 13.6. The summed E-state index contributed by atoms with van der Waals surface area (Å²) in [6.45, 7) is 2.61. The van der Waals surface area contributed by atoms with E-state index in [-0.39, 0.29) is 5.97 Å². The number of rotatable bonds is 12. The van der Waals surface area contributed by atoms with E-state index in [1.165, 1.54) is 55.2 Å². The molecular weight excluding hydrogens is 404 g/mol. The third kappa shape index (κ3) is 6.78. The summed E-state index contributed by atoms with van der Waals surface area (Å²) in [5.74, 6) is 0.408. The molecule has 0 amide bonds. The molecule has 0 radical (unpaired) electrons. The molecule has 1 N–H and O–H groups in total. The van der Waals surface area contributed by atoms with Gasteiger partial charge in [-0.05, 0) is 93.0 Å². The Hall–Kier alpha value is -1.91. The lowest BCUT2D eigenvalue weighted by Gasteiger charge is -2.16. The van der Waals surface area contributed by atoms with E-state index in [0.29, 0.717) is 17.4 Å². The first-order chi connectivity index (χ1) is 15.1. The number of aryl methyl sites for hydroxylation is 2. The van der Waals surface area contributed by atoms with Crippen molar-refractivity contribution in [3.05, 3.63) is 62.9 Å². The summed E-state index contributed by atoms with van der Waals surface area (Å²) in [5.41, 5.74) is 5.93. The van der Waals surface area contributed by atoms with Gasteiger partial charge in [-0.3, -0.25) is 0 Å². The zero-order valence-electron chi connectivity index (χ0n) is 19.0. The molecule has 2 aromatic rings. The molecule has 3 nitrogen and oxygen atoms in total. The molecule has 31 heavy (non-hydrogen) atoms. The number of carbonyl (C=O) groups excluding carboxylic acids is 1. The first-order valence-corrected chi connectivity index (χ1v) is 12.5. The van der Waals surface area contributed by atoms with Crippen molar-refractivity contribution >= 4 is 22.9 Å². The Labute approximate surface area is 191 Å². The topological polar surface area (TPSA) is 46.5 Å². The van der Waals surface area contributed by atoms with E-state index in [1.807, 2.05) is 6.07 Å². The van der Waals surface area contributed by atoms with E-state index in [0.717, 1.165) is 32.1 Å². The van der Waals surface area contributed by atoms with Crippen LogP contribution in [0.5, 0.6) is 0 Å². The first kappa shape index (κ1) is 23.7. The third-order valence-corrected chi connectivity index (χ3v) is 7.52. The van der Waals surface area contributed by atoms with Crippen LogP contribution < -0.4 is 0 Å². The quantitative estimate of drug-likeness (QED) is 0.290. The van der Waals surface area contributed by atoms with E-state index in [9.17, 15) is 4.79 Å².